The summed E-state index contributed by atoms with van der Waals surface area (Å²) < 4.78 is 41.5. The van der Waals surface area contributed by atoms with Gasteiger partial charge < -0.3 is 5.11 Å². The summed E-state index contributed by atoms with van der Waals surface area (Å²) in [4.78, 5) is -0.463. The van der Waals surface area contributed by atoms with E-state index in [1.54, 1.807) is 10.9 Å². The lowest BCUT2D eigenvalue weighted by molar-refractivity contribution is 0.281. The summed E-state index contributed by atoms with van der Waals surface area (Å²) in [5.41, 5.74) is 0.333. The average molecular weight is 314 g/mol. The molecule has 0 saturated carbocycles. The molecule has 2 aromatic rings. The molecular weight excluding hydrogens is 299 g/mol. The standard InChI is InChI=1S/C12H15FN4O3S/c13-11-3-2-10(9-18)8-12(11)21(19,20)15-4-1-6-17-7-5-14-16-17/h2-3,5,7-8,15,18H,1,4,6,9H2. The lowest BCUT2D eigenvalue weighted by Crippen LogP contribution is -2.26. The third-order valence-corrected chi connectivity index (χ3v) is 4.27. The summed E-state index contributed by atoms with van der Waals surface area (Å²) in [7, 11) is -3.95. The Balaban J connectivity index is 1.98. The van der Waals surface area contributed by atoms with E-state index in [0.29, 0.717) is 18.5 Å². The molecule has 2 N–H and O–H groups in total. The molecule has 0 aliphatic rings. The molecule has 0 atom stereocenters. The van der Waals surface area contributed by atoms with Gasteiger partial charge in [0.1, 0.15) is 10.7 Å². The summed E-state index contributed by atoms with van der Waals surface area (Å²) in [5, 5.41) is 16.4. The van der Waals surface area contributed by atoms with Gasteiger partial charge in [0.25, 0.3) is 0 Å². The topological polar surface area (TPSA) is 97.1 Å². The second-order valence-corrected chi connectivity index (χ2v) is 6.08. The fraction of sp³-hybridized carbons (Fsp3) is 0.333. The first-order valence-corrected chi connectivity index (χ1v) is 7.74. The van der Waals surface area contributed by atoms with E-state index >= 15 is 0 Å². The van der Waals surface area contributed by atoms with E-state index in [1.165, 1.54) is 12.3 Å². The molecule has 1 heterocycles. The number of sulfonamides is 1. The van der Waals surface area contributed by atoms with Crippen molar-refractivity contribution in [1.82, 2.24) is 19.7 Å². The maximum absolute atomic E-state index is 13.6. The third-order valence-electron chi connectivity index (χ3n) is 2.80. The number of halogens is 1. The highest BCUT2D eigenvalue weighted by Crippen LogP contribution is 2.16. The van der Waals surface area contributed by atoms with E-state index < -0.39 is 20.7 Å². The zero-order valence-corrected chi connectivity index (χ0v) is 11.9. The highest BCUT2D eigenvalue weighted by molar-refractivity contribution is 7.89. The van der Waals surface area contributed by atoms with Crippen molar-refractivity contribution in [2.24, 2.45) is 0 Å². The Morgan fingerprint density at radius 2 is 2.19 bits per heavy atom. The van der Waals surface area contributed by atoms with Crippen molar-refractivity contribution in [2.45, 2.75) is 24.5 Å². The molecule has 1 aromatic heterocycles. The number of benzene rings is 1. The quantitative estimate of drug-likeness (QED) is 0.715. The van der Waals surface area contributed by atoms with Gasteiger partial charge in [-0.1, -0.05) is 11.3 Å². The van der Waals surface area contributed by atoms with Crippen LogP contribution in [0.2, 0.25) is 0 Å². The van der Waals surface area contributed by atoms with Crippen molar-refractivity contribution in [3.63, 3.8) is 0 Å². The van der Waals surface area contributed by atoms with Gasteiger partial charge in [-0.15, -0.1) is 5.10 Å². The minimum Gasteiger partial charge on any atom is -0.392 e. The summed E-state index contributed by atoms with van der Waals surface area (Å²) in [5.74, 6) is -0.851. The number of aliphatic hydroxyl groups excluding tert-OH is 1. The first-order chi connectivity index (χ1) is 10.0. The Hall–Kier alpha value is -1.84. The second kappa shape index (κ2) is 6.74. The number of nitrogens with zero attached hydrogens (tertiary/aromatic N) is 3. The number of aliphatic hydroxyl groups is 1. The van der Waals surface area contributed by atoms with Crippen LogP contribution in [0.25, 0.3) is 0 Å². The lowest BCUT2D eigenvalue weighted by atomic mass is 10.2. The normalized spacial score (nSPS) is 11.7. The first kappa shape index (κ1) is 15.5. The molecule has 7 nitrogen and oxygen atoms in total. The minimum absolute atomic E-state index is 0.144. The van der Waals surface area contributed by atoms with E-state index in [2.05, 4.69) is 15.0 Å². The van der Waals surface area contributed by atoms with Crippen molar-refractivity contribution in [2.75, 3.05) is 6.54 Å². The Bertz CT molecular complexity index is 689. The van der Waals surface area contributed by atoms with E-state index in [0.717, 1.165) is 12.1 Å². The minimum atomic E-state index is -3.95. The van der Waals surface area contributed by atoms with E-state index in [4.69, 9.17) is 5.11 Å². The molecule has 1 aromatic carbocycles. The molecule has 9 heteroatoms. The highest BCUT2D eigenvalue weighted by Gasteiger charge is 2.18. The molecule has 0 radical (unpaired) electrons. The second-order valence-electron chi connectivity index (χ2n) is 4.34. The van der Waals surface area contributed by atoms with Gasteiger partial charge >= 0.3 is 0 Å². The smallest absolute Gasteiger partial charge is 0.243 e. The molecule has 21 heavy (non-hydrogen) atoms. The molecule has 0 saturated heterocycles. The summed E-state index contributed by atoms with van der Waals surface area (Å²) in [6, 6.07) is 3.48. The zero-order chi connectivity index (χ0) is 15.3. The van der Waals surface area contributed by atoms with Crippen LogP contribution in [0, 0.1) is 5.82 Å². The van der Waals surface area contributed by atoms with Gasteiger partial charge in [-0.2, -0.15) is 0 Å². The summed E-state index contributed by atoms with van der Waals surface area (Å²) in [6.45, 7) is 0.293. The predicted octanol–water partition coefficient (Wildman–Crippen LogP) is 0.278. The molecule has 0 unspecified atom stereocenters. The van der Waals surface area contributed by atoms with Gasteiger partial charge in [0.05, 0.1) is 12.8 Å². The maximum atomic E-state index is 13.6. The first-order valence-electron chi connectivity index (χ1n) is 6.26. The molecule has 0 aliphatic carbocycles. The Labute approximate surface area is 121 Å². The van der Waals surface area contributed by atoms with Gasteiger partial charge in [-0.3, -0.25) is 4.68 Å². The fourth-order valence-corrected chi connectivity index (χ4v) is 2.93. The lowest BCUT2D eigenvalue weighted by Gasteiger charge is -2.09. The molecule has 0 amide bonds. The van der Waals surface area contributed by atoms with E-state index in [9.17, 15) is 12.8 Å². The summed E-state index contributed by atoms with van der Waals surface area (Å²) in [6.07, 6.45) is 3.68. The van der Waals surface area contributed by atoms with Crippen LogP contribution in [0.3, 0.4) is 0 Å². The molecule has 0 spiro atoms. The highest BCUT2D eigenvalue weighted by atomic mass is 32.2. The van der Waals surface area contributed by atoms with Crippen LogP contribution in [0.4, 0.5) is 4.39 Å². The Morgan fingerprint density at radius 3 is 2.86 bits per heavy atom. The zero-order valence-electron chi connectivity index (χ0n) is 11.1. The number of aromatic nitrogens is 3. The van der Waals surface area contributed by atoms with Crippen LogP contribution in [0.1, 0.15) is 12.0 Å². The molecule has 0 bridgehead atoms. The van der Waals surface area contributed by atoms with Gasteiger partial charge in [0.2, 0.25) is 10.0 Å². The van der Waals surface area contributed by atoms with Gasteiger partial charge in [0.15, 0.2) is 0 Å². The van der Waals surface area contributed by atoms with Crippen LogP contribution in [-0.4, -0.2) is 35.1 Å². The summed E-state index contributed by atoms with van der Waals surface area (Å²) >= 11 is 0. The largest absolute Gasteiger partial charge is 0.392 e. The van der Waals surface area contributed by atoms with E-state index in [-0.39, 0.29) is 13.2 Å². The SMILES string of the molecule is O=S(=O)(NCCCn1ccnn1)c1cc(CO)ccc1F. The van der Waals surface area contributed by atoms with Gasteiger partial charge in [-0.05, 0) is 24.1 Å². The van der Waals surface area contributed by atoms with Crippen LogP contribution >= 0.6 is 0 Å². The Morgan fingerprint density at radius 1 is 1.38 bits per heavy atom. The molecule has 114 valence electrons. The van der Waals surface area contributed by atoms with Crippen molar-refractivity contribution in [1.29, 1.82) is 0 Å². The van der Waals surface area contributed by atoms with Crippen molar-refractivity contribution in [3.05, 3.63) is 42.0 Å². The van der Waals surface area contributed by atoms with Crippen molar-refractivity contribution < 1.29 is 17.9 Å². The monoisotopic (exact) mass is 314 g/mol. The molecule has 0 fully saturated rings. The number of hydrogen-bond acceptors (Lipinski definition) is 5. The van der Waals surface area contributed by atoms with Crippen molar-refractivity contribution in [3.8, 4) is 0 Å². The van der Waals surface area contributed by atoms with Gasteiger partial charge in [-0.25, -0.2) is 17.5 Å². The predicted molar refractivity (Wildman–Crippen MR) is 72.2 cm³/mol. The van der Waals surface area contributed by atoms with Crippen LogP contribution < -0.4 is 4.72 Å². The Kier molecular flexibility index (Phi) is 4.99. The van der Waals surface area contributed by atoms with E-state index in [1.807, 2.05) is 0 Å². The fourth-order valence-electron chi connectivity index (χ4n) is 1.73. The van der Waals surface area contributed by atoms with Gasteiger partial charge in [0, 0.05) is 19.3 Å². The third kappa shape index (κ3) is 4.06. The molecule has 0 aliphatic heterocycles. The average Bonchev–Trinajstić information content (AvgIpc) is 2.97. The van der Waals surface area contributed by atoms with Crippen LogP contribution in [-0.2, 0) is 23.2 Å². The molecular formula is C12H15FN4O3S. The maximum Gasteiger partial charge on any atom is 0.243 e. The number of hydrogen-bond donors (Lipinski definition) is 2. The number of rotatable bonds is 7. The van der Waals surface area contributed by atoms with Crippen molar-refractivity contribution >= 4 is 10.0 Å². The number of nitrogens with one attached hydrogen (secondary N) is 1. The van der Waals surface area contributed by atoms with Crippen LogP contribution in [0.5, 0.6) is 0 Å². The molecule has 2 rings (SSSR count). The number of aryl methyl sites for hydroxylation is 1. The van der Waals surface area contributed by atoms with Crippen LogP contribution in [0.15, 0.2) is 35.5 Å².